The van der Waals surface area contributed by atoms with Crippen LogP contribution >= 0.6 is 34.3 Å². The van der Waals surface area contributed by atoms with E-state index in [1.54, 1.807) is 38.1 Å². The van der Waals surface area contributed by atoms with Crippen LogP contribution in [0.5, 0.6) is 5.75 Å². The van der Waals surface area contributed by atoms with Gasteiger partial charge in [-0.05, 0) is 49.6 Å². The molecule has 0 fully saturated rings. The summed E-state index contributed by atoms with van der Waals surface area (Å²) in [5, 5.41) is 11.2. The third-order valence-electron chi connectivity index (χ3n) is 4.88. The molecule has 0 bridgehead atoms. The van der Waals surface area contributed by atoms with Gasteiger partial charge >= 0.3 is 5.97 Å². The predicted molar refractivity (Wildman–Crippen MR) is 127 cm³/mol. The smallest absolute Gasteiger partial charge is 0.338 e. The molecule has 0 N–H and O–H groups in total. The minimum Gasteiger partial charge on any atom is -0.478 e. The second-order valence-electron chi connectivity index (χ2n) is 6.95. The third kappa shape index (κ3) is 4.50. The first-order valence-electron chi connectivity index (χ1n) is 9.97. The normalized spacial score (nSPS) is 15.6. The number of halogens is 1. The zero-order chi connectivity index (χ0) is 23.5. The summed E-state index contributed by atoms with van der Waals surface area (Å²) in [6, 6.07) is 10.0. The summed E-state index contributed by atoms with van der Waals surface area (Å²) in [6.07, 6.45) is 1.66. The second kappa shape index (κ2) is 9.75. The van der Waals surface area contributed by atoms with E-state index in [2.05, 4.69) is 4.99 Å². The number of fused-ring (bicyclic) bond motifs is 1. The van der Waals surface area contributed by atoms with Crippen molar-refractivity contribution in [2.24, 2.45) is 4.99 Å². The van der Waals surface area contributed by atoms with E-state index >= 15 is 0 Å². The summed E-state index contributed by atoms with van der Waals surface area (Å²) in [5.41, 5.74) is 1.13. The molecule has 7 nitrogen and oxygen atoms in total. The van der Waals surface area contributed by atoms with Gasteiger partial charge in [0.2, 0.25) is 0 Å². The Labute approximate surface area is 202 Å². The molecule has 0 saturated heterocycles. The average Bonchev–Trinajstić information content (AvgIpc) is 3.41. The number of allylic oxidation sites excluding steroid dienone is 1. The van der Waals surface area contributed by atoms with Crippen molar-refractivity contribution in [2.45, 2.75) is 19.9 Å². The number of hydrogen-bond donors (Lipinski definition) is 0. The van der Waals surface area contributed by atoms with Crippen LogP contribution < -0.4 is 19.6 Å². The molecule has 0 spiro atoms. The summed E-state index contributed by atoms with van der Waals surface area (Å²) in [7, 11) is 0. The largest absolute Gasteiger partial charge is 0.478 e. The van der Waals surface area contributed by atoms with Gasteiger partial charge < -0.3 is 9.47 Å². The van der Waals surface area contributed by atoms with Crippen molar-refractivity contribution in [3.63, 3.8) is 0 Å². The molecule has 0 aliphatic carbocycles. The Bertz CT molecular complexity index is 1460. The molecule has 0 unspecified atom stereocenters. The highest BCUT2D eigenvalue weighted by molar-refractivity contribution is 7.10. The Morgan fingerprint density at radius 2 is 2.21 bits per heavy atom. The third-order valence-corrected chi connectivity index (χ3v) is 7.02. The molecule has 168 valence electrons. The first-order chi connectivity index (χ1) is 15.9. The van der Waals surface area contributed by atoms with E-state index in [1.165, 1.54) is 27.2 Å². The lowest BCUT2D eigenvalue weighted by Crippen LogP contribution is -2.39. The van der Waals surface area contributed by atoms with E-state index in [-0.39, 0.29) is 18.8 Å². The lowest BCUT2D eigenvalue weighted by Gasteiger charge is -2.23. The first kappa shape index (κ1) is 23.0. The summed E-state index contributed by atoms with van der Waals surface area (Å²) >= 11 is 8.82. The lowest BCUT2D eigenvalue weighted by molar-refractivity contribution is -0.139. The Kier molecular flexibility index (Phi) is 6.79. The van der Waals surface area contributed by atoms with Crippen LogP contribution in [0.25, 0.3) is 6.08 Å². The van der Waals surface area contributed by atoms with Gasteiger partial charge in [0.1, 0.15) is 17.9 Å². The Morgan fingerprint density at radius 3 is 2.91 bits per heavy atom. The van der Waals surface area contributed by atoms with Crippen LogP contribution in [0.1, 0.15) is 30.3 Å². The second-order valence-corrected chi connectivity index (χ2v) is 9.37. The Hall–Kier alpha value is -3.19. The maximum absolute atomic E-state index is 13.6. The Balaban J connectivity index is 1.92. The van der Waals surface area contributed by atoms with E-state index in [0.29, 0.717) is 36.9 Å². The molecule has 1 atom stereocenters. The highest BCUT2D eigenvalue weighted by Crippen LogP contribution is 2.33. The molecular formula is C23H18ClN3O4S2. The number of carbonyl (C=O) groups is 1. The highest BCUT2D eigenvalue weighted by Gasteiger charge is 2.33. The summed E-state index contributed by atoms with van der Waals surface area (Å²) in [6.45, 7) is 3.57. The molecule has 0 amide bonds. The molecule has 4 rings (SSSR count). The molecule has 33 heavy (non-hydrogen) atoms. The van der Waals surface area contributed by atoms with Crippen molar-refractivity contribution in [1.82, 2.24) is 4.57 Å². The summed E-state index contributed by atoms with van der Waals surface area (Å²) < 4.78 is 12.7. The first-order valence-corrected chi connectivity index (χ1v) is 12.0. The number of esters is 1. The number of carbonyl (C=O) groups excluding carboxylic acids is 1. The van der Waals surface area contributed by atoms with Crippen molar-refractivity contribution in [3.05, 3.63) is 82.1 Å². The monoisotopic (exact) mass is 499 g/mol. The van der Waals surface area contributed by atoms with Crippen LogP contribution in [0.3, 0.4) is 0 Å². The number of ether oxygens (including phenoxy) is 2. The highest BCUT2D eigenvalue weighted by atomic mass is 35.5. The minimum absolute atomic E-state index is 0.135. The molecule has 2 aromatic heterocycles. The van der Waals surface area contributed by atoms with Crippen molar-refractivity contribution < 1.29 is 14.3 Å². The van der Waals surface area contributed by atoms with Crippen LogP contribution in [0, 0.1) is 11.3 Å². The Morgan fingerprint density at radius 1 is 1.39 bits per heavy atom. The summed E-state index contributed by atoms with van der Waals surface area (Å²) in [4.78, 5) is 32.2. The number of hydrogen-bond acceptors (Lipinski definition) is 8. The van der Waals surface area contributed by atoms with Gasteiger partial charge in [0.05, 0.1) is 22.4 Å². The summed E-state index contributed by atoms with van der Waals surface area (Å²) in [5.74, 6) is -0.0570. The SMILES string of the molecule is CCOC(=O)C1=C(C)N=c2s/c(=C\c3cc(Cl)ccc3OCC#N)c(=O)n2[C@@H]1c1cccs1. The van der Waals surface area contributed by atoms with Gasteiger partial charge in [-0.3, -0.25) is 9.36 Å². The molecule has 1 aliphatic heterocycles. The molecule has 1 aromatic carbocycles. The number of benzene rings is 1. The standard InChI is InChI=1S/C23H18ClN3O4S2/c1-3-30-22(29)19-13(2)26-23-27(20(19)17-5-4-10-32-17)21(28)18(33-23)12-14-11-15(24)6-7-16(14)31-9-8-25/h4-7,10-12,20H,3,9H2,1-2H3/b18-12-/t20-/m1/s1. The molecule has 3 aromatic rings. The fraction of sp³-hybridized carbons (Fsp3) is 0.217. The zero-order valence-electron chi connectivity index (χ0n) is 17.7. The van der Waals surface area contributed by atoms with Gasteiger partial charge in [0.15, 0.2) is 11.4 Å². The number of thiazole rings is 1. The van der Waals surface area contributed by atoms with Gasteiger partial charge in [-0.25, -0.2) is 9.79 Å². The molecular weight excluding hydrogens is 482 g/mol. The van der Waals surface area contributed by atoms with Crippen molar-refractivity contribution in [3.8, 4) is 11.8 Å². The maximum atomic E-state index is 13.6. The lowest BCUT2D eigenvalue weighted by atomic mass is 10.0. The van der Waals surface area contributed by atoms with Gasteiger partial charge in [-0.15, -0.1) is 11.3 Å². The van der Waals surface area contributed by atoms with Gasteiger partial charge in [-0.1, -0.05) is 29.0 Å². The van der Waals surface area contributed by atoms with Crippen molar-refractivity contribution in [2.75, 3.05) is 13.2 Å². The van der Waals surface area contributed by atoms with Gasteiger partial charge in [-0.2, -0.15) is 5.26 Å². The topological polar surface area (TPSA) is 93.7 Å². The van der Waals surface area contributed by atoms with Gasteiger partial charge in [0, 0.05) is 15.5 Å². The fourth-order valence-corrected chi connectivity index (χ4v) is 5.56. The molecule has 1 aliphatic rings. The number of nitriles is 1. The molecule has 3 heterocycles. The number of thiophene rings is 1. The van der Waals surface area contributed by atoms with E-state index in [9.17, 15) is 9.59 Å². The van der Waals surface area contributed by atoms with Crippen LogP contribution in [-0.4, -0.2) is 23.8 Å². The zero-order valence-corrected chi connectivity index (χ0v) is 20.1. The van der Waals surface area contributed by atoms with E-state index in [1.807, 2.05) is 23.6 Å². The van der Waals surface area contributed by atoms with Crippen molar-refractivity contribution >= 4 is 46.3 Å². The maximum Gasteiger partial charge on any atom is 0.338 e. The number of rotatable bonds is 6. The predicted octanol–water partition coefficient (Wildman–Crippen LogP) is 3.42. The van der Waals surface area contributed by atoms with Crippen molar-refractivity contribution in [1.29, 1.82) is 5.26 Å². The van der Waals surface area contributed by atoms with Crippen LogP contribution in [0.2, 0.25) is 5.02 Å². The molecule has 0 saturated carbocycles. The van der Waals surface area contributed by atoms with Crippen LogP contribution in [-0.2, 0) is 9.53 Å². The van der Waals surface area contributed by atoms with E-state index in [4.69, 9.17) is 26.3 Å². The minimum atomic E-state index is -0.629. The number of nitrogens with zero attached hydrogens (tertiary/aromatic N) is 3. The average molecular weight is 500 g/mol. The van der Waals surface area contributed by atoms with E-state index in [0.717, 1.165) is 4.88 Å². The van der Waals surface area contributed by atoms with Crippen LogP contribution in [0.15, 0.2) is 56.8 Å². The van der Waals surface area contributed by atoms with E-state index < -0.39 is 12.0 Å². The van der Waals surface area contributed by atoms with Gasteiger partial charge in [0.25, 0.3) is 5.56 Å². The molecule has 0 radical (unpaired) electrons. The number of aromatic nitrogens is 1. The molecule has 10 heteroatoms. The fourth-order valence-electron chi connectivity index (χ4n) is 3.52. The quantitative estimate of drug-likeness (QED) is 0.484. The van der Waals surface area contributed by atoms with Crippen LogP contribution in [0.4, 0.5) is 0 Å².